The molecule has 3 rings (SSSR count). The molecule has 1 atom stereocenters. The van der Waals surface area contributed by atoms with Crippen LogP contribution in [0.15, 0.2) is 54.0 Å². The van der Waals surface area contributed by atoms with E-state index in [-0.39, 0.29) is 17.7 Å². The van der Waals surface area contributed by atoms with Crippen molar-refractivity contribution in [3.8, 4) is 11.3 Å². The molecule has 0 saturated heterocycles. The molecule has 2 heterocycles. The van der Waals surface area contributed by atoms with E-state index in [0.29, 0.717) is 11.4 Å². The molecule has 6 nitrogen and oxygen atoms in total. The average molecular weight is 382 g/mol. The van der Waals surface area contributed by atoms with Crippen LogP contribution in [0, 0.1) is 5.92 Å². The van der Waals surface area contributed by atoms with Gasteiger partial charge < -0.3 is 10.6 Å². The summed E-state index contributed by atoms with van der Waals surface area (Å²) >= 11 is 1.36. The second kappa shape index (κ2) is 8.64. The van der Waals surface area contributed by atoms with Crippen LogP contribution in [0.4, 0.5) is 0 Å². The molecule has 0 unspecified atom stereocenters. The monoisotopic (exact) mass is 382 g/mol. The van der Waals surface area contributed by atoms with E-state index >= 15 is 0 Å². The first-order valence-electron chi connectivity index (χ1n) is 8.75. The van der Waals surface area contributed by atoms with Crippen molar-refractivity contribution in [1.29, 1.82) is 0 Å². The second-order valence-electron chi connectivity index (χ2n) is 6.56. The van der Waals surface area contributed by atoms with E-state index in [2.05, 4.69) is 20.8 Å². The molecule has 3 aromatic rings. The number of aromatic amines is 1. The van der Waals surface area contributed by atoms with E-state index in [4.69, 9.17) is 0 Å². The first kappa shape index (κ1) is 18.8. The number of carbonyl (C=O) groups is 2. The summed E-state index contributed by atoms with van der Waals surface area (Å²) in [6, 6.07) is 12.8. The SMILES string of the molecule is CC(C)[C@H](NC(=O)c1cccs1)C(=O)NCc1ccc(-c2ccn[nH]2)cc1. The van der Waals surface area contributed by atoms with Gasteiger partial charge >= 0.3 is 0 Å². The van der Waals surface area contributed by atoms with Crippen LogP contribution in [-0.2, 0) is 11.3 Å². The molecular formula is C20H22N4O2S. The van der Waals surface area contributed by atoms with Gasteiger partial charge in [0.25, 0.3) is 5.91 Å². The minimum atomic E-state index is -0.580. The van der Waals surface area contributed by atoms with Gasteiger partial charge in [-0.3, -0.25) is 14.7 Å². The summed E-state index contributed by atoms with van der Waals surface area (Å²) in [4.78, 5) is 25.4. The van der Waals surface area contributed by atoms with Crippen LogP contribution in [0.2, 0.25) is 0 Å². The Morgan fingerprint density at radius 3 is 2.52 bits per heavy atom. The van der Waals surface area contributed by atoms with E-state index in [1.807, 2.05) is 55.6 Å². The van der Waals surface area contributed by atoms with E-state index in [1.165, 1.54) is 11.3 Å². The summed E-state index contributed by atoms with van der Waals surface area (Å²) in [6.07, 6.45) is 1.71. The number of hydrogen-bond donors (Lipinski definition) is 3. The Bertz CT molecular complexity index is 871. The maximum Gasteiger partial charge on any atom is 0.262 e. The predicted molar refractivity (Wildman–Crippen MR) is 106 cm³/mol. The van der Waals surface area contributed by atoms with Gasteiger partial charge in [-0.25, -0.2) is 0 Å². The van der Waals surface area contributed by atoms with Crippen molar-refractivity contribution in [2.75, 3.05) is 0 Å². The lowest BCUT2D eigenvalue weighted by Gasteiger charge is -2.21. The largest absolute Gasteiger partial charge is 0.350 e. The molecule has 0 bridgehead atoms. The Kier molecular flexibility index (Phi) is 6.03. The van der Waals surface area contributed by atoms with Gasteiger partial charge in [0, 0.05) is 12.7 Å². The number of nitrogens with one attached hydrogen (secondary N) is 3. The molecule has 140 valence electrons. The summed E-state index contributed by atoms with van der Waals surface area (Å²) in [5, 5.41) is 14.4. The number of nitrogens with zero attached hydrogens (tertiary/aromatic N) is 1. The van der Waals surface area contributed by atoms with Gasteiger partial charge in [-0.2, -0.15) is 5.10 Å². The molecule has 0 saturated carbocycles. The van der Waals surface area contributed by atoms with Gasteiger partial charge in [-0.05, 0) is 34.6 Å². The molecule has 0 aliphatic rings. The molecule has 2 aromatic heterocycles. The quantitative estimate of drug-likeness (QED) is 0.586. The Balaban J connectivity index is 1.58. The van der Waals surface area contributed by atoms with Crippen molar-refractivity contribution < 1.29 is 9.59 Å². The number of amides is 2. The van der Waals surface area contributed by atoms with Gasteiger partial charge in [-0.15, -0.1) is 11.3 Å². The number of carbonyl (C=O) groups excluding carboxylic acids is 2. The summed E-state index contributed by atoms with van der Waals surface area (Å²) in [6.45, 7) is 4.23. The molecule has 27 heavy (non-hydrogen) atoms. The topological polar surface area (TPSA) is 86.9 Å². The molecule has 0 radical (unpaired) electrons. The van der Waals surface area contributed by atoms with Crippen LogP contribution in [0.1, 0.15) is 29.1 Å². The lowest BCUT2D eigenvalue weighted by atomic mass is 10.0. The van der Waals surface area contributed by atoms with Crippen molar-refractivity contribution in [2.45, 2.75) is 26.4 Å². The fraction of sp³-hybridized carbons (Fsp3) is 0.250. The fourth-order valence-corrected chi connectivity index (χ4v) is 3.30. The number of rotatable bonds is 7. The number of hydrogen-bond acceptors (Lipinski definition) is 4. The van der Waals surface area contributed by atoms with E-state index < -0.39 is 6.04 Å². The van der Waals surface area contributed by atoms with Crippen molar-refractivity contribution >= 4 is 23.2 Å². The van der Waals surface area contributed by atoms with Crippen LogP contribution in [0.25, 0.3) is 11.3 Å². The number of aromatic nitrogens is 2. The highest BCUT2D eigenvalue weighted by Crippen LogP contribution is 2.16. The Labute approximate surface area is 162 Å². The van der Waals surface area contributed by atoms with Crippen molar-refractivity contribution in [1.82, 2.24) is 20.8 Å². The zero-order valence-corrected chi connectivity index (χ0v) is 16.0. The number of benzene rings is 1. The molecule has 0 aliphatic carbocycles. The van der Waals surface area contributed by atoms with Gasteiger partial charge in [0.05, 0.1) is 10.6 Å². The van der Waals surface area contributed by atoms with Gasteiger partial charge in [-0.1, -0.05) is 44.2 Å². The number of thiophene rings is 1. The van der Waals surface area contributed by atoms with Crippen molar-refractivity contribution in [3.05, 3.63) is 64.5 Å². The maximum absolute atomic E-state index is 12.6. The van der Waals surface area contributed by atoms with Crippen LogP contribution < -0.4 is 10.6 Å². The maximum atomic E-state index is 12.6. The Morgan fingerprint density at radius 2 is 1.93 bits per heavy atom. The second-order valence-corrected chi connectivity index (χ2v) is 7.51. The third-order valence-corrected chi connectivity index (χ3v) is 5.08. The fourth-order valence-electron chi connectivity index (χ4n) is 2.67. The van der Waals surface area contributed by atoms with Crippen LogP contribution in [0.3, 0.4) is 0 Å². The third kappa shape index (κ3) is 4.83. The lowest BCUT2D eigenvalue weighted by molar-refractivity contribution is -0.124. The van der Waals surface area contributed by atoms with E-state index in [0.717, 1.165) is 16.8 Å². The standard InChI is InChI=1S/C20H22N4O2S/c1-13(2)18(23-19(25)17-4-3-11-27-17)20(26)21-12-14-5-7-15(8-6-14)16-9-10-22-24-16/h3-11,13,18H,12H2,1-2H3,(H,21,26)(H,22,24)(H,23,25)/t18-/m0/s1. The lowest BCUT2D eigenvalue weighted by Crippen LogP contribution is -2.49. The highest BCUT2D eigenvalue weighted by Gasteiger charge is 2.24. The smallest absolute Gasteiger partial charge is 0.262 e. The van der Waals surface area contributed by atoms with Crippen LogP contribution >= 0.6 is 11.3 Å². The van der Waals surface area contributed by atoms with Crippen LogP contribution in [-0.4, -0.2) is 28.1 Å². The summed E-state index contributed by atoms with van der Waals surface area (Å²) < 4.78 is 0. The highest BCUT2D eigenvalue weighted by atomic mass is 32.1. The molecule has 0 fully saturated rings. The molecule has 1 aromatic carbocycles. The minimum absolute atomic E-state index is 0.0170. The molecule has 0 spiro atoms. The molecule has 7 heteroatoms. The summed E-state index contributed by atoms with van der Waals surface area (Å²) in [5.74, 6) is -0.424. The zero-order chi connectivity index (χ0) is 19.2. The normalized spacial score (nSPS) is 12.0. The molecular weight excluding hydrogens is 360 g/mol. The summed E-state index contributed by atoms with van der Waals surface area (Å²) in [7, 11) is 0. The highest BCUT2D eigenvalue weighted by molar-refractivity contribution is 7.12. The predicted octanol–water partition coefficient (Wildman–Crippen LogP) is 3.21. The summed E-state index contributed by atoms with van der Waals surface area (Å²) in [5.41, 5.74) is 2.96. The molecule has 3 N–H and O–H groups in total. The van der Waals surface area contributed by atoms with Gasteiger partial charge in [0.15, 0.2) is 0 Å². The minimum Gasteiger partial charge on any atom is -0.350 e. The Hall–Kier alpha value is -2.93. The zero-order valence-electron chi connectivity index (χ0n) is 15.2. The van der Waals surface area contributed by atoms with Crippen molar-refractivity contribution in [2.24, 2.45) is 5.92 Å². The third-order valence-electron chi connectivity index (χ3n) is 4.21. The van der Waals surface area contributed by atoms with Crippen molar-refractivity contribution in [3.63, 3.8) is 0 Å². The number of H-pyrrole nitrogens is 1. The molecule has 2 amide bonds. The van der Waals surface area contributed by atoms with Gasteiger partial charge in [0.1, 0.15) is 6.04 Å². The first-order chi connectivity index (χ1) is 13.0. The average Bonchev–Trinajstić information content (AvgIpc) is 3.38. The first-order valence-corrected chi connectivity index (χ1v) is 9.63. The van der Waals surface area contributed by atoms with E-state index in [9.17, 15) is 9.59 Å². The Morgan fingerprint density at radius 1 is 1.15 bits per heavy atom. The van der Waals surface area contributed by atoms with Gasteiger partial charge in [0.2, 0.25) is 5.91 Å². The van der Waals surface area contributed by atoms with Crippen LogP contribution in [0.5, 0.6) is 0 Å². The van der Waals surface area contributed by atoms with E-state index in [1.54, 1.807) is 12.3 Å². The molecule has 0 aliphatic heterocycles.